The predicted molar refractivity (Wildman–Crippen MR) is 71.0 cm³/mol. The average molecular weight is 251 g/mol. The number of hydrogen-bond acceptors (Lipinski definition) is 2. The minimum absolute atomic E-state index is 0.104. The van der Waals surface area contributed by atoms with Crippen LogP contribution in [0.4, 0.5) is 4.39 Å². The van der Waals surface area contributed by atoms with Crippen molar-refractivity contribution in [2.24, 2.45) is 0 Å². The summed E-state index contributed by atoms with van der Waals surface area (Å²) < 4.78 is 19.3. The van der Waals surface area contributed by atoms with E-state index < -0.39 is 0 Å². The van der Waals surface area contributed by atoms with Crippen LogP contribution in [-0.2, 0) is 4.74 Å². The Morgan fingerprint density at radius 3 is 2.94 bits per heavy atom. The van der Waals surface area contributed by atoms with Crippen molar-refractivity contribution in [1.82, 2.24) is 5.32 Å². The summed E-state index contributed by atoms with van der Waals surface area (Å²) in [4.78, 5) is 0. The molecule has 0 saturated carbocycles. The van der Waals surface area contributed by atoms with Gasteiger partial charge in [-0.15, -0.1) is 0 Å². The van der Waals surface area contributed by atoms with Gasteiger partial charge in [0.05, 0.1) is 6.10 Å². The van der Waals surface area contributed by atoms with Crippen molar-refractivity contribution in [1.29, 1.82) is 0 Å². The molecule has 0 aliphatic carbocycles. The Morgan fingerprint density at radius 1 is 1.44 bits per heavy atom. The van der Waals surface area contributed by atoms with Crippen LogP contribution in [0.2, 0.25) is 0 Å². The number of nitrogens with one attached hydrogen (secondary N) is 1. The zero-order valence-electron chi connectivity index (χ0n) is 11.0. The lowest BCUT2D eigenvalue weighted by Crippen LogP contribution is -2.25. The predicted octanol–water partition coefficient (Wildman–Crippen LogP) is 3.44. The van der Waals surface area contributed by atoms with Crippen LogP contribution in [0.3, 0.4) is 0 Å². The van der Waals surface area contributed by atoms with Crippen LogP contribution in [0.5, 0.6) is 0 Å². The van der Waals surface area contributed by atoms with Gasteiger partial charge in [-0.3, -0.25) is 0 Å². The Balaban J connectivity index is 1.83. The van der Waals surface area contributed by atoms with Crippen LogP contribution in [0.15, 0.2) is 24.3 Å². The summed E-state index contributed by atoms with van der Waals surface area (Å²) in [7, 11) is 0. The van der Waals surface area contributed by atoms with Crippen molar-refractivity contribution in [3.63, 3.8) is 0 Å². The number of halogens is 1. The molecule has 1 heterocycles. The molecule has 0 radical (unpaired) electrons. The largest absolute Gasteiger partial charge is 0.378 e. The van der Waals surface area contributed by atoms with Gasteiger partial charge in [0.1, 0.15) is 5.82 Å². The highest BCUT2D eigenvalue weighted by molar-refractivity contribution is 5.21. The molecule has 0 bridgehead atoms. The highest BCUT2D eigenvalue weighted by atomic mass is 19.1. The molecule has 1 saturated heterocycles. The lowest BCUT2D eigenvalue weighted by Gasteiger charge is -2.19. The maximum absolute atomic E-state index is 13.7. The molecule has 0 spiro atoms. The van der Waals surface area contributed by atoms with Gasteiger partial charge in [0.15, 0.2) is 0 Å². The maximum Gasteiger partial charge on any atom is 0.127 e. The summed E-state index contributed by atoms with van der Waals surface area (Å²) in [6, 6.07) is 7.12. The number of benzene rings is 1. The molecular weight excluding hydrogens is 229 g/mol. The standard InChI is InChI=1S/C15H22FNO/c1-2-15(13-7-3-4-8-14(13)16)17-10-9-12-6-5-11-18-12/h3-4,7-8,12,15,17H,2,5-6,9-11H2,1H3. The lowest BCUT2D eigenvalue weighted by atomic mass is 10.0. The molecule has 1 fully saturated rings. The van der Waals surface area contributed by atoms with Crippen molar-refractivity contribution in [3.8, 4) is 0 Å². The van der Waals surface area contributed by atoms with Crippen molar-refractivity contribution >= 4 is 0 Å². The van der Waals surface area contributed by atoms with Gasteiger partial charge in [-0.1, -0.05) is 25.1 Å². The van der Waals surface area contributed by atoms with Gasteiger partial charge >= 0.3 is 0 Å². The van der Waals surface area contributed by atoms with Gasteiger partial charge in [-0.2, -0.15) is 0 Å². The molecule has 1 aromatic carbocycles. The van der Waals surface area contributed by atoms with Crippen LogP contribution < -0.4 is 5.32 Å². The maximum atomic E-state index is 13.7. The fourth-order valence-corrected chi connectivity index (χ4v) is 2.52. The molecule has 1 aliphatic rings. The first-order chi connectivity index (χ1) is 8.81. The van der Waals surface area contributed by atoms with E-state index in [4.69, 9.17) is 4.74 Å². The minimum atomic E-state index is -0.117. The van der Waals surface area contributed by atoms with E-state index in [2.05, 4.69) is 12.2 Å². The van der Waals surface area contributed by atoms with Gasteiger partial charge in [0.2, 0.25) is 0 Å². The second kappa shape index (κ2) is 6.86. The number of hydrogen-bond donors (Lipinski definition) is 1. The number of rotatable bonds is 6. The molecular formula is C15H22FNO. The summed E-state index contributed by atoms with van der Waals surface area (Å²) in [6.07, 6.45) is 4.65. The Morgan fingerprint density at radius 2 is 2.28 bits per heavy atom. The van der Waals surface area contributed by atoms with E-state index in [1.165, 1.54) is 12.5 Å². The number of ether oxygens (including phenoxy) is 1. The second-order valence-electron chi connectivity index (χ2n) is 4.86. The van der Waals surface area contributed by atoms with Gasteiger partial charge in [-0.05, 0) is 38.3 Å². The van der Waals surface area contributed by atoms with Gasteiger partial charge < -0.3 is 10.1 Å². The van der Waals surface area contributed by atoms with Gasteiger partial charge in [0.25, 0.3) is 0 Å². The van der Waals surface area contributed by atoms with Crippen LogP contribution in [-0.4, -0.2) is 19.3 Å². The second-order valence-corrected chi connectivity index (χ2v) is 4.86. The molecule has 0 amide bonds. The highest BCUT2D eigenvalue weighted by Gasteiger charge is 2.17. The third-order valence-corrected chi connectivity index (χ3v) is 3.57. The van der Waals surface area contributed by atoms with Crippen LogP contribution in [0.1, 0.15) is 44.2 Å². The molecule has 18 heavy (non-hydrogen) atoms. The summed E-state index contributed by atoms with van der Waals surface area (Å²) >= 11 is 0. The van der Waals surface area contributed by atoms with Gasteiger partial charge in [0, 0.05) is 18.2 Å². The van der Waals surface area contributed by atoms with Crippen molar-refractivity contribution in [2.75, 3.05) is 13.2 Å². The molecule has 1 aliphatic heterocycles. The average Bonchev–Trinajstić information content (AvgIpc) is 2.89. The summed E-state index contributed by atoms with van der Waals surface area (Å²) in [5.74, 6) is -0.117. The summed E-state index contributed by atoms with van der Waals surface area (Å²) in [5.41, 5.74) is 0.771. The Bertz CT molecular complexity index is 363. The Labute approximate surface area is 109 Å². The molecule has 2 atom stereocenters. The van der Waals surface area contributed by atoms with E-state index in [1.807, 2.05) is 12.1 Å². The first-order valence-electron chi connectivity index (χ1n) is 6.90. The van der Waals surface area contributed by atoms with E-state index in [0.717, 1.165) is 38.0 Å². The molecule has 0 aromatic heterocycles. The molecule has 2 nitrogen and oxygen atoms in total. The van der Waals surface area contributed by atoms with Crippen molar-refractivity contribution in [3.05, 3.63) is 35.6 Å². The third-order valence-electron chi connectivity index (χ3n) is 3.57. The normalized spacial score (nSPS) is 21.1. The SMILES string of the molecule is CCC(NCCC1CCCO1)c1ccccc1F. The van der Waals surface area contributed by atoms with E-state index in [0.29, 0.717) is 6.10 Å². The zero-order chi connectivity index (χ0) is 12.8. The Kier molecular flexibility index (Phi) is 5.14. The monoisotopic (exact) mass is 251 g/mol. The van der Waals surface area contributed by atoms with E-state index in [9.17, 15) is 4.39 Å². The van der Waals surface area contributed by atoms with Gasteiger partial charge in [-0.25, -0.2) is 4.39 Å². The minimum Gasteiger partial charge on any atom is -0.378 e. The van der Waals surface area contributed by atoms with Crippen LogP contribution >= 0.6 is 0 Å². The first kappa shape index (κ1) is 13.5. The van der Waals surface area contributed by atoms with Crippen molar-refractivity contribution in [2.45, 2.75) is 44.8 Å². The van der Waals surface area contributed by atoms with Crippen LogP contribution in [0, 0.1) is 5.82 Å². The van der Waals surface area contributed by atoms with E-state index >= 15 is 0 Å². The first-order valence-corrected chi connectivity index (χ1v) is 6.90. The molecule has 1 N–H and O–H groups in total. The molecule has 100 valence electrons. The molecule has 2 rings (SSSR count). The summed E-state index contributed by atoms with van der Waals surface area (Å²) in [6.45, 7) is 3.86. The molecule has 2 unspecified atom stereocenters. The smallest absolute Gasteiger partial charge is 0.127 e. The summed E-state index contributed by atoms with van der Waals surface area (Å²) in [5, 5.41) is 3.43. The fraction of sp³-hybridized carbons (Fsp3) is 0.600. The Hall–Kier alpha value is -0.930. The highest BCUT2D eigenvalue weighted by Crippen LogP contribution is 2.20. The topological polar surface area (TPSA) is 21.3 Å². The van der Waals surface area contributed by atoms with E-state index in [-0.39, 0.29) is 11.9 Å². The van der Waals surface area contributed by atoms with Crippen LogP contribution in [0.25, 0.3) is 0 Å². The van der Waals surface area contributed by atoms with Crippen molar-refractivity contribution < 1.29 is 9.13 Å². The fourth-order valence-electron chi connectivity index (χ4n) is 2.52. The molecule has 1 aromatic rings. The molecule has 3 heteroatoms. The quantitative estimate of drug-likeness (QED) is 0.836. The third kappa shape index (κ3) is 3.53. The lowest BCUT2D eigenvalue weighted by molar-refractivity contribution is 0.103. The van der Waals surface area contributed by atoms with E-state index in [1.54, 1.807) is 6.07 Å². The zero-order valence-corrected chi connectivity index (χ0v) is 11.0.